The maximum atomic E-state index is 14.0. The summed E-state index contributed by atoms with van der Waals surface area (Å²) >= 11 is 0. The molecule has 4 rings (SSSR count). The van der Waals surface area contributed by atoms with Gasteiger partial charge in [-0.3, -0.25) is 4.90 Å². The zero-order chi connectivity index (χ0) is 18.1. The van der Waals surface area contributed by atoms with Crippen molar-refractivity contribution in [3.05, 3.63) is 54.2 Å². The topological polar surface area (TPSA) is 48.1 Å². The van der Waals surface area contributed by atoms with Crippen LogP contribution in [0.15, 0.2) is 42.9 Å². The zero-order valence-electron chi connectivity index (χ0n) is 15.2. The minimum Gasteiger partial charge on any atom is -0.354 e. The van der Waals surface area contributed by atoms with Gasteiger partial charge in [0, 0.05) is 37.9 Å². The molecular weight excluding hydrogens is 329 g/mol. The van der Waals surface area contributed by atoms with Gasteiger partial charge in [-0.25, -0.2) is 14.4 Å². The molecule has 1 saturated heterocycles. The first-order valence-corrected chi connectivity index (χ1v) is 9.10. The lowest BCUT2D eigenvalue weighted by Crippen LogP contribution is -2.51. The Morgan fingerprint density at radius 3 is 2.96 bits per heavy atom. The van der Waals surface area contributed by atoms with Crippen molar-refractivity contribution in [2.75, 3.05) is 25.0 Å². The Bertz CT molecular complexity index is 893. The molecule has 2 unspecified atom stereocenters. The number of nitrogens with one attached hydrogen (secondary N) is 1. The summed E-state index contributed by atoms with van der Waals surface area (Å²) in [7, 11) is 2.10. The number of rotatable bonds is 4. The first-order chi connectivity index (χ1) is 12.6. The van der Waals surface area contributed by atoms with Gasteiger partial charge >= 0.3 is 0 Å². The van der Waals surface area contributed by atoms with Crippen LogP contribution >= 0.6 is 0 Å². The average molecular weight is 353 g/mol. The molecule has 2 aromatic heterocycles. The first kappa shape index (κ1) is 17.0. The molecule has 0 bridgehead atoms. The SMILES string of the molecule is CC1CCN(Cc2ccccc2F)CC1N(C)c1ncnc2[nH]ccc12. The monoisotopic (exact) mass is 353 g/mol. The molecule has 1 aromatic carbocycles. The van der Waals surface area contributed by atoms with E-state index in [4.69, 9.17) is 0 Å². The van der Waals surface area contributed by atoms with E-state index < -0.39 is 0 Å². The number of anilines is 1. The molecule has 0 aliphatic carbocycles. The van der Waals surface area contributed by atoms with Gasteiger partial charge in [-0.15, -0.1) is 0 Å². The van der Waals surface area contributed by atoms with Gasteiger partial charge in [0.25, 0.3) is 0 Å². The van der Waals surface area contributed by atoms with Crippen LogP contribution in [-0.2, 0) is 6.54 Å². The molecule has 0 radical (unpaired) electrons. The van der Waals surface area contributed by atoms with Crippen LogP contribution in [0.5, 0.6) is 0 Å². The van der Waals surface area contributed by atoms with E-state index >= 15 is 0 Å². The lowest BCUT2D eigenvalue weighted by molar-refractivity contribution is 0.157. The van der Waals surface area contributed by atoms with Gasteiger partial charge in [-0.1, -0.05) is 25.1 Å². The van der Waals surface area contributed by atoms with Crippen LogP contribution in [0.3, 0.4) is 0 Å². The lowest BCUT2D eigenvalue weighted by Gasteiger charge is -2.42. The molecule has 136 valence electrons. The molecular formula is C20H24FN5. The molecule has 1 aliphatic heterocycles. The molecule has 26 heavy (non-hydrogen) atoms. The predicted octanol–water partition coefficient (Wildman–Crippen LogP) is 3.44. The van der Waals surface area contributed by atoms with Crippen LogP contribution in [0.2, 0.25) is 0 Å². The number of likely N-dealkylation sites (N-methyl/N-ethyl adjacent to an activating group) is 1. The second kappa shape index (κ2) is 7.03. The molecule has 3 aromatic rings. The van der Waals surface area contributed by atoms with E-state index in [9.17, 15) is 4.39 Å². The molecule has 3 heterocycles. The Kier molecular flexibility index (Phi) is 4.59. The number of hydrogen-bond donors (Lipinski definition) is 1. The number of fused-ring (bicyclic) bond motifs is 1. The number of likely N-dealkylation sites (tertiary alicyclic amines) is 1. The predicted molar refractivity (Wildman–Crippen MR) is 102 cm³/mol. The number of piperidine rings is 1. The number of halogens is 1. The standard InChI is InChI=1S/C20H24FN5/c1-14-8-10-26(11-15-5-3-4-6-17(15)21)12-18(14)25(2)20-16-7-9-22-19(16)23-13-24-20/h3-7,9,13-14,18H,8,10-12H2,1-2H3,(H,22,23,24). The summed E-state index contributed by atoms with van der Waals surface area (Å²) < 4.78 is 14.0. The molecule has 5 nitrogen and oxygen atoms in total. The molecule has 1 N–H and O–H groups in total. The number of nitrogens with zero attached hydrogens (tertiary/aromatic N) is 4. The second-order valence-corrected chi connectivity index (χ2v) is 7.21. The molecule has 6 heteroatoms. The summed E-state index contributed by atoms with van der Waals surface area (Å²) in [6.07, 6.45) is 4.59. The van der Waals surface area contributed by atoms with E-state index in [1.807, 2.05) is 24.4 Å². The normalized spacial score (nSPS) is 21.2. The van der Waals surface area contributed by atoms with E-state index in [-0.39, 0.29) is 5.82 Å². The highest BCUT2D eigenvalue weighted by molar-refractivity contribution is 5.87. The van der Waals surface area contributed by atoms with Gasteiger partial charge in [0.2, 0.25) is 0 Å². The van der Waals surface area contributed by atoms with Crippen molar-refractivity contribution in [3.8, 4) is 0 Å². The Labute approximate surface area is 152 Å². The first-order valence-electron chi connectivity index (χ1n) is 9.10. The van der Waals surface area contributed by atoms with Gasteiger partial charge in [-0.05, 0) is 31.0 Å². The third-order valence-electron chi connectivity index (χ3n) is 5.52. The van der Waals surface area contributed by atoms with Gasteiger partial charge in [0.15, 0.2) is 0 Å². The lowest BCUT2D eigenvalue weighted by atomic mass is 9.92. The minimum atomic E-state index is -0.124. The summed E-state index contributed by atoms with van der Waals surface area (Å²) in [4.78, 5) is 16.6. The van der Waals surface area contributed by atoms with E-state index in [1.165, 1.54) is 6.07 Å². The van der Waals surface area contributed by atoms with Crippen LogP contribution < -0.4 is 4.90 Å². The van der Waals surface area contributed by atoms with Gasteiger partial charge in [-0.2, -0.15) is 0 Å². The highest BCUT2D eigenvalue weighted by atomic mass is 19.1. The smallest absolute Gasteiger partial charge is 0.142 e. The summed E-state index contributed by atoms with van der Waals surface area (Å²) in [6.45, 7) is 4.81. The van der Waals surface area contributed by atoms with E-state index in [1.54, 1.807) is 12.4 Å². The average Bonchev–Trinajstić information content (AvgIpc) is 3.13. The fourth-order valence-corrected chi connectivity index (χ4v) is 3.93. The van der Waals surface area contributed by atoms with Crippen molar-refractivity contribution in [1.82, 2.24) is 19.9 Å². The van der Waals surface area contributed by atoms with Crippen LogP contribution in [-0.4, -0.2) is 46.0 Å². The second-order valence-electron chi connectivity index (χ2n) is 7.21. The number of aromatic amines is 1. The van der Waals surface area contributed by atoms with Crippen molar-refractivity contribution >= 4 is 16.9 Å². The zero-order valence-corrected chi connectivity index (χ0v) is 15.2. The van der Waals surface area contributed by atoms with Crippen molar-refractivity contribution in [2.24, 2.45) is 5.92 Å². The third-order valence-corrected chi connectivity index (χ3v) is 5.52. The minimum absolute atomic E-state index is 0.124. The van der Waals surface area contributed by atoms with Crippen molar-refractivity contribution in [3.63, 3.8) is 0 Å². The Morgan fingerprint density at radius 2 is 2.12 bits per heavy atom. The quantitative estimate of drug-likeness (QED) is 0.780. The molecule has 0 spiro atoms. The van der Waals surface area contributed by atoms with E-state index in [0.717, 1.165) is 41.9 Å². The molecule has 1 fully saturated rings. The number of aromatic nitrogens is 3. The van der Waals surface area contributed by atoms with Crippen molar-refractivity contribution in [2.45, 2.75) is 25.9 Å². The maximum absolute atomic E-state index is 14.0. The van der Waals surface area contributed by atoms with Gasteiger partial charge in [0.05, 0.1) is 5.39 Å². The van der Waals surface area contributed by atoms with E-state index in [2.05, 4.69) is 38.7 Å². The maximum Gasteiger partial charge on any atom is 0.142 e. The van der Waals surface area contributed by atoms with Crippen LogP contribution in [0.25, 0.3) is 11.0 Å². The fourth-order valence-electron chi connectivity index (χ4n) is 3.93. The summed E-state index contributed by atoms with van der Waals surface area (Å²) in [5.41, 5.74) is 1.62. The summed E-state index contributed by atoms with van der Waals surface area (Å²) in [6, 6.07) is 9.40. The van der Waals surface area contributed by atoms with Crippen molar-refractivity contribution < 1.29 is 4.39 Å². The third kappa shape index (κ3) is 3.17. The molecule has 1 aliphatic rings. The van der Waals surface area contributed by atoms with Gasteiger partial charge < -0.3 is 9.88 Å². The highest BCUT2D eigenvalue weighted by Gasteiger charge is 2.31. The largest absolute Gasteiger partial charge is 0.354 e. The Balaban J connectivity index is 1.55. The molecule has 0 saturated carbocycles. The number of H-pyrrole nitrogens is 1. The molecule has 0 amide bonds. The van der Waals surface area contributed by atoms with E-state index in [0.29, 0.717) is 18.5 Å². The highest BCUT2D eigenvalue weighted by Crippen LogP contribution is 2.29. The fraction of sp³-hybridized carbons (Fsp3) is 0.400. The summed E-state index contributed by atoms with van der Waals surface area (Å²) in [5, 5.41) is 1.04. The van der Waals surface area contributed by atoms with Crippen LogP contribution in [0, 0.1) is 11.7 Å². The Morgan fingerprint density at radius 1 is 1.27 bits per heavy atom. The molecule has 2 atom stereocenters. The summed E-state index contributed by atoms with van der Waals surface area (Å²) in [5.74, 6) is 1.36. The van der Waals surface area contributed by atoms with Gasteiger partial charge in [0.1, 0.15) is 23.6 Å². The van der Waals surface area contributed by atoms with Crippen LogP contribution in [0.1, 0.15) is 18.9 Å². The number of hydrogen-bond acceptors (Lipinski definition) is 4. The number of benzene rings is 1. The van der Waals surface area contributed by atoms with Crippen LogP contribution in [0.4, 0.5) is 10.2 Å². The van der Waals surface area contributed by atoms with Crippen molar-refractivity contribution in [1.29, 1.82) is 0 Å². The Hall–Kier alpha value is -2.47.